The lowest BCUT2D eigenvalue weighted by Crippen LogP contribution is -2.49. The number of carbonyl (C=O) groups excluding carboxylic acids is 1. The standard InChI is InChI=1S/C13H23N3O3/c17-12(9-16-6-4-14-5-7-16)15-11-3-1-2-10(8-11)13(18)19/h10-11,14H,1-9H2,(H,15,17)(H,18,19). The molecule has 6 nitrogen and oxygen atoms in total. The molecule has 0 bridgehead atoms. The second-order valence-corrected chi connectivity index (χ2v) is 5.49. The SMILES string of the molecule is O=C(CN1CCNCC1)NC1CCCC(C(=O)O)C1. The van der Waals surface area contributed by atoms with E-state index < -0.39 is 5.97 Å². The van der Waals surface area contributed by atoms with Gasteiger partial charge in [-0.2, -0.15) is 0 Å². The van der Waals surface area contributed by atoms with Crippen molar-refractivity contribution >= 4 is 11.9 Å². The number of carbonyl (C=O) groups is 2. The molecule has 108 valence electrons. The normalized spacial score (nSPS) is 28.8. The van der Waals surface area contributed by atoms with Crippen LogP contribution in [0.3, 0.4) is 0 Å². The Labute approximate surface area is 113 Å². The van der Waals surface area contributed by atoms with E-state index in [4.69, 9.17) is 5.11 Å². The predicted octanol–water partition coefficient (Wildman–Crippen LogP) is -0.349. The number of nitrogens with zero attached hydrogens (tertiary/aromatic N) is 1. The average Bonchev–Trinajstić information content (AvgIpc) is 2.40. The van der Waals surface area contributed by atoms with Crippen molar-refractivity contribution in [1.29, 1.82) is 0 Å². The first-order chi connectivity index (χ1) is 9.15. The molecule has 0 aromatic heterocycles. The summed E-state index contributed by atoms with van der Waals surface area (Å²) in [6.45, 7) is 4.08. The molecule has 0 aromatic carbocycles. The molecule has 6 heteroatoms. The maximum Gasteiger partial charge on any atom is 0.306 e. The molecule has 2 rings (SSSR count). The highest BCUT2D eigenvalue weighted by molar-refractivity contribution is 5.78. The first-order valence-corrected chi connectivity index (χ1v) is 7.10. The summed E-state index contributed by atoms with van der Waals surface area (Å²) in [7, 11) is 0. The fourth-order valence-corrected chi connectivity index (χ4v) is 2.89. The van der Waals surface area contributed by atoms with Crippen molar-refractivity contribution in [3.8, 4) is 0 Å². The molecule has 1 aliphatic carbocycles. The lowest BCUT2D eigenvalue weighted by molar-refractivity contribution is -0.143. The first-order valence-electron chi connectivity index (χ1n) is 7.10. The lowest BCUT2D eigenvalue weighted by Gasteiger charge is -2.30. The number of nitrogens with one attached hydrogen (secondary N) is 2. The van der Waals surface area contributed by atoms with Crippen LogP contribution in [0.1, 0.15) is 25.7 Å². The van der Waals surface area contributed by atoms with Gasteiger partial charge in [0.2, 0.25) is 5.91 Å². The second kappa shape index (κ2) is 6.86. The summed E-state index contributed by atoms with van der Waals surface area (Å²) in [6, 6.07) is 0.0327. The molecule has 1 saturated heterocycles. The van der Waals surface area contributed by atoms with Gasteiger partial charge in [0.15, 0.2) is 0 Å². The largest absolute Gasteiger partial charge is 0.481 e. The second-order valence-electron chi connectivity index (χ2n) is 5.49. The van der Waals surface area contributed by atoms with Crippen LogP contribution < -0.4 is 10.6 Å². The third-order valence-electron chi connectivity index (χ3n) is 3.97. The lowest BCUT2D eigenvalue weighted by atomic mass is 9.86. The monoisotopic (exact) mass is 269 g/mol. The Hall–Kier alpha value is -1.14. The number of rotatable bonds is 4. The zero-order chi connectivity index (χ0) is 13.7. The summed E-state index contributed by atoms with van der Waals surface area (Å²) in [5.74, 6) is -1.00. The fraction of sp³-hybridized carbons (Fsp3) is 0.846. The number of amides is 1. The Bertz CT molecular complexity index is 329. The topological polar surface area (TPSA) is 81.7 Å². The van der Waals surface area contributed by atoms with Crippen LogP contribution in [-0.4, -0.2) is 60.6 Å². The minimum atomic E-state index is -0.735. The van der Waals surface area contributed by atoms with Crippen LogP contribution in [0.4, 0.5) is 0 Å². The van der Waals surface area contributed by atoms with Crippen LogP contribution in [0, 0.1) is 5.92 Å². The zero-order valence-electron chi connectivity index (χ0n) is 11.2. The summed E-state index contributed by atoms with van der Waals surface area (Å²) < 4.78 is 0. The van der Waals surface area contributed by atoms with Gasteiger partial charge in [-0.1, -0.05) is 6.42 Å². The van der Waals surface area contributed by atoms with Crippen LogP contribution in [0.2, 0.25) is 0 Å². The molecule has 2 fully saturated rings. The van der Waals surface area contributed by atoms with Crippen molar-refractivity contribution in [1.82, 2.24) is 15.5 Å². The maximum atomic E-state index is 11.9. The van der Waals surface area contributed by atoms with Crippen LogP contribution >= 0.6 is 0 Å². The third kappa shape index (κ3) is 4.47. The Kier molecular flexibility index (Phi) is 5.15. The van der Waals surface area contributed by atoms with Crippen molar-refractivity contribution in [3.05, 3.63) is 0 Å². The van der Waals surface area contributed by atoms with E-state index in [1.807, 2.05) is 0 Å². The minimum Gasteiger partial charge on any atom is -0.481 e. The number of hydrogen-bond acceptors (Lipinski definition) is 4. The molecular formula is C13H23N3O3. The van der Waals surface area contributed by atoms with Crippen molar-refractivity contribution in [2.75, 3.05) is 32.7 Å². The molecule has 1 aliphatic heterocycles. The number of carboxylic acid groups (broad SMARTS) is 1. The molecule has 2 aliphatic rings. The van der Waals surface area contributed by atoms with E-state index in [9.17, 15) is 9.59 Å². The van der Waals surface area contributed by atoms with E-state index in [-0.39, 0.29) is 17.9 Å². The fourth-order valence-electron chi connectivity index (χ4n) is 2.89. The smallest absolute Gasteiger partial charge is 0.306 e. The van der Waals surface area contributed by atoms with Gasteiger partial charge < -0.3 is 15.7 Å². The summed E-state index contributed by atoms with van der Waals surface area (Å²) in [5, 5.41) is 15.3. The zero-order valence-corrected chi connectivity index (χ0v) is 11.2. The Morgan fingerprint density at radius 3 is 2.68 bits per heavy atom. The highest BCUT2D eigenvalue weighted by atomic mass is 16.4. The quantitative estimate of drug-likeness (QED) is 0.650. The van der Waals surface area contributed by atoms with E-state index in [2.05, 4.69) is 15.5 Å². The number of piperazine rings is 1. The molecule has 0 spiro atoms. The summed E-state index contributed by atoms with van der Waals surface area (Å²) in [5.41, 5.74) is 0. The molecule has 0 aromatic rings. The van der Waals surface area contributed by atoms with E-state index in [0.717, 1.165) is 45.4 Å². The van der Waals surface area contributed by atoms with Gasteiger partial charge >= 0.3 is 5.97 Å². The van der Waals surface area contributed by atoms with Crippen LogP contribution in [0.15, 0.2) is 0 Å². The summed E-state index contributed by atoms with van der Waals surface area (Å²) in [4.78, 5) is 25.0. The summed E-state index contributed by atoms with van der Waals surface area (Å²) in [6.07, 6.45) is 3.09. The minimum absolute atomic E-state index is 0.0259. The van der Waals surface area contributed by atoms with Gasteiger partial charge in [0.25, 0.3) is 0 Å². The molecule has 0 radical (unpaired) electrons. The van der Waals surface area contributed by atoms with Crippen molar-refractivity contribution in [2.45, 2.75) is 31.7 Å². The van der Waals surface area contributed by atoms with E-state index in [1.165, 1.54) is 0 Å². The van der Waals surface area contributed by atoms with Crippen LogP contribution in [-0.2, 0) is 9.59 Å². The molecule has 1 amide bonds. The van der Waals surface area contributed by atoms with Crippen molar-refractivity contribution in [2.24, 2.45) is 5.92 Å². The Balaban J connectivity index is 1.73. The number of hydrogen-bond donors (Lipinski definition) is 3. The summed E-state index contributed by atoms with van der Waals surface area (Å²) >= 11 is 0. The molecule has 2 atom stereocenters. The highest BCUT2D eigenvalue weighted by Crippen LogP contribution is 2.24. The van der Waals surface area contributed by atoms with Gasteiger partial charge in [0.05, 0.1) is 12.5 Å². The Morgan fingerprint density at radius 1 is 1.26 bits per heavy atom. The van der Waals surface area contributed by atoms with Gasteiger partial charge in [-0.05, 0) is 19.3 Å². The van der Waals surface area contributed by atoms with Crippen LogP contribution in [0.5, 0.6) is 0 Å². The molecule has 1 saturated carbocycles. The van der Waals surface area contributed by atoms with Gasteiger partial charge in [-0.25, -0.2) is 0 Å². The van der Waals surface area contributed by atoms with Gasteiger partial charge in [-0.15, -0.1) is 0 Å². The molecule has 2 unspecified atom stereocenters. The van der Waals surface area contributed by atoms with Gasteiger partial charge in [0.1, 0.15) is 0 Å². The molecule has 19 heavy (non-hydrogen) atoms. The van der Waals surface area contributed by atoms with E-state index in [0.29, 0.717) is 13.0 Å². The Morgan fingerprint density at radius 2 is 2.00 bits per heavy atom. The molecular weight excluding hydrogens is 246 g/mol. The average molecular weight is 269 g/mol. The predicted molar refractivity (Wildman–Crippen MR) is 70.8 cm³/mol. The van der Waals surface area contributed by atoms with Gasteiger partial charge in [-0.3, -0.25) is 14.5 Å². The van der Waals surface area contributed by atoms with E-state index >= 15 is 0 Å². The number of carboxylic acids is 1. The highest BCUT2D eigenvalue weighted by Gasteiger charge is 2.28. The number of aliphatic carboxylic acids is 1. The first kappa shape index (κ1) is 14.3. The molecule has 1 heterocycles. The van der Waals surface area contributed by atoms with Crippen molar-refractivity contribution in [3.63, 3.8) is 0 Å². The van der Waals surface area contributed by atoms with Crippen molar-refractivity contribution < 1.29 is 14.7 Å². The van der Waals surface area contributed by atoms with Gasteiger partial charge in [0, 0.05) is 32.2 Å². The molecule has 3 N–H and O–H groups in total. The van der Waals surface area contributed by atoms with Crippen LogP contribution in [0.25, 0.3) is 0 Å². The third-order valence-corrected chi connectivity index (χ3v) is 3.97. The maximum absolute atomic E-state index is 11.9. The van der Waals surface area contributed by atoms with E-state index in [1.54, 1.807) is 0 Å².